The average molecular weight is 1220 g/mol. The Bertz CT molecular complexity index is 3610. The normalized spacial score (nSPS) is 14.2. The molecular weight excluding hydrogens is 1150 g/mol. The van der Waals surface area contributed by atoms with E-state index in [1.807, 2.05) is 132 Å². The Hall–Kier alpha value is -8.73. The number of benzene rings is 5. The summed E-state index contributed by atoms with van der Waals surface area (Å²) >= 11 is 5.94. The van der Waals surface area contributed by atoms with Gasteiger partial charge in [0.15, 0.2) is 0 Å². The van der Waals surface area contributed by atoms with Gasteiger partial charge in [-0.3, -0.25) is 59.2 Å². The molecule has 0 fully saturated rings. The quantitative estimate of drug-likeness (QED) is 0.0550. The number of carbonyl (C=O) groups excluding carboxylic acids is 8. The molecule has 6 aromatic rings. The summed E-state index contributed by atoms with van der Waals surface area (Å²) < 4.78 is 1.82. The highest BCUT2D eigenvalue weighted by Crippen LogP contribution is 2.33. The summed E-state index contributed by atoms with van der Waals surface area (Å²) in [5, 5.41) is 35.4. The van der Waals surface area contributed by atoms with Crippen molar-refractivity contribution in [1.29, 1.82) is 0 Å². The van der Waals surface area contributed by atoms with E-state index in [4.69, 9.17) is 32.4 Å². The van der Waals surface area contributed by atoms with Crippen LogP contribution in [-0.2, 0) is 79.0 Å². The summed E-state index contributed by atoms with van der Waals surface area (Å²) in [5.41, 5.74) is 16.4. The third kappa shape index (κ3) is 16.1. The Balaban J connectivity index is 0.000000168. The molecule has 0 aliphatic carbocycles. The summed E-state index contributed by atoms with van der Waals surface area (Å²) in [6.45, 7) is 19.8. The molecule has 0 atom stereocenters. The Labute approximate surface area is 517 Å². The number of amides is 8. The number of carbonyl (C=O) groups is 8. The van der Waals surface area contributed by atoms with Crippen LogP contribution in [-0.4, -0.2) is 105 Å². The molecule has 8 N–H and O–H groups in total. The molecule has 0 unspecified atom stereocenters. The van der Waals surface area contributed by atoms with Gasteiger partial charge in [-0.1, -0.05) is 89.5 Å². The summed E-state index contributed by atoms with van der Waals surface area (Å²) in [4.78, 5) is 104. The fourth-order valence-electron chi connectivity index (χ4n) is 10.9. The first-order valence-electron chi connectivity index (χ1n) is 28.9. The highest BCUT2D eigenvalue weighted by atomic mass is 35.5. The number of rotatable bonds is 7. The number of aromatic nitrogens is 1. The monoisotopic (exact) mass is 1220 g/mol. The number of hydroxylamine groups is 4. The number of aryl methyl sites for hydroxylation is 3. The van der Waals surface area contributed by atoms with Crippen molar-refractivity contribution in [3.63, 3.8) is 0 Å². The van der Waals surface area contributed by atoms with Crippen molar-refractivity contribution in [3.05, 3.63) is 198 Å². The lowest BCUT2D eigenvalue weighted by molar-refractivity contribution is -0.140. The molecule has 4 aliphatic heterocycles. The van der Waals surface area contributed by atoms with Gasteiger partial charge >= 0.3 is 0 Å². The molecule has 0 bridgehead atoms. The Morgan fingerprint density at radius 3 is 1.15 bits per heavy atom. The first-order chi connectivity index (χ1) is 41.6. The molecule has 0 saturated heterocycles. The maximum atomic E-state index is 13.1. The molecule has 22 heteroatoms. The summed E-state index contributed by atoms with van der Waals surface area (Å²) in [5.74, 6) is -1.86. The molecule has 88 heavy (non-hydrogen) atoms. The second-order valence-electron chi connectivity index (χ2n) is 24.8. The van der Waals surface area contributed by atoms with Crippen LogP contribution >= 0.6 is 11.6 Å². The summed E-state index contributed by atoms with van der Waals surface area (Å²) in [6, 6.07) is 32.0. The third-order valence-corrected chi connectivity index (χ3v) is 16.1. The van der Waals surface area contributed by atoms with E-state index >= 15 is 0 Å². The minimum Gasteiger partial charge on any atom is -0.347 e. The number of nitrogens with zero attached hydrogens (tertiary/aromatic N) is 5. The van der Waals surface area contributed by atoms with Crippen molar-refractivity contribution < 1.29 is 59.2 Å². The van der Waals surface area contributed by atoms with Gasteiger partial charge in [0.25, 0.3) is 29.5 Å². The number of hydrogen-bond acceptors (Lipinski definition) is 12. The van der Waals surface area contributed by atoms with E-state index in [1.54, 1.807) is 92.4 Å². The Kier molecular flexibility index (Phi) is 21.6. The average Bonchev–Trinajstić information content (AvgIpc) is 3.68. The minimum atomic E-state index is -0.683. The van der Waals surface area contributed by atoms with Crippen molar-refractivity contribution in [2.45, 2.75) is 126 Å². The second-order valence-corrected chi connectivity index (χ2v) is 25.3. The van der Waals surface area contributed by atoms with E-state index in [0.29, 0.717) is 78.8 Å². The van der Waals surface area contributed by atoms with Crippen LogP contribution in [0.25, 0.3) is 0 Å². The predicted octanol–water partition coefficient (Wildman–Crippen LogP) is 8.83. The highest BCUT2D eigenvalue weighted by Gasteiger charge is 2.37. The van der Waals surface area contributed by atoms with Crippen LogP contribution in [0.1, 0.15) is 170 Å². The van der Waals surface area contributed by atoms with Crippen LogP contribution in [0, 0.1) is 10.8 Å². The molecule has 10 rings (SSSR count). The molecule has 1 aromatic heterocycles. The van der Waals surface area contributed by atoms with Crippen LogP contribution in [0.2, 0.25) is 5.02 Å². The lowest BCUT2D eigenvalue weighted by Crippen LogP contribution is -2.40. The van der Waals surface area contributed by atoms with Crippen molar-refractivity contribution in [3.8, 4) is 0 Å². The number of fused-ring (bicyclic) bond motifs is 4. The third-order valence-electron chi connectivity index (χ3n) is 15.9. The summed E-state index contributed by atoms with van der Waals surface area (Å²) in [7, 11) is 1.86. The fraction of sp³-hybridized carbons (Fsp3) is 0.364. The van der Waals surface area contributed by atoms with E-state index in [9.17, 15) is 38.4 Å². The maximum Gasteiger partial charge on any atom is 0.274 e. The largest absolute Gasteiger partial charge is 0.347 e. The predicted molar refractivity (Wildman–Crippen MR) is 327 cm³/mol. The SMILES string of the molecule is CC(C)(C(=O)N1Cc2ccc(C(=O)NO)cc2C1)c1ccc(Cl)cc1.CC(C)(C)C(=O)N1CCCc2cc(C(=O)NO)ccc2C1.CC(C)(C)C(=O)N1Cc2ccc(C(=O)NO)cc2C1.Cn1cccc1C(=O)N1CCCc2cc(C(=O)NO)ccc2C1. The second kappa shape index (κ2) is 28.4. The van der Waals surface area contributed by atoms with Crippen molar-refractivity contribution in [1.82, 2.24) is 46.1 Å². The molecule has 0 saturated carbocycles. The first-order valence-corrected chi connectivity index (χ1v) is 29.3. The molecule has 5 aromatic carbocycles. The Morgan fingerprint density at radius 1 is 0.420 bits per heavy atom. The van der Waals surface area contributed by atoms with Gasteiger partial charge in [0, 0.05) is 104 Å². The molecule has 8 amide bonds. The maximum absolute atomic E-state index is 13.1. The molecule has 4 aliphatic rings. The van der Waals surface area contributed by atoms with Crippen molar-refractivity contribution in [2.24, 2.45) is 17.9 Å². The van der Waals surface area contributed by atoms with Crippen LogP contribution in [0.3, 0.4) is 0 Å². The number of nitrogens with one attached hydrogen (secondary N) is 4. The van der Waals surface area contributed by atoms with Gasteiger partial charge in [0.2, 0.25) is 17.7 Å². The van der Waals surface area contributed by atoms with Crippen LogP contribution < -0.4 is 21.9 Å². The molecule has 21 nitrogen and oxygen atoms in total. The molecule has 0 radical (unpaired) electrons. The zero-order valence-corrected chi connectivity index (χ0v) is 51.9. The standard InChI is InChI=1S/C19H19ClN2O3.C17H19N3O3.C16H22N2O3.C14H18N2O3/c1-19(2,15-5-7-16(20)8-6-15)18(24)22-10-13-4-3-12(17(23)21-25)9-14(13)11-22;1-19-8-3-5-15(19)17(22)20-9-2-4-12-10-13(16(21)18-23)6-7-14(12)11-20;1-16(2,3)15(20)18-8-4-5-11-9-12(14(19)17-21)6-7-13(11)10-18;1-14(2,3)13(18)16-7-10-5-4-9(12(17)15-19)6-11(10)8-16/h3-9,25H,10-11H2,1-2H3,(H,21,23);3,5-8,10,23H,2,4,9,11H2,1H3,(H,18,21);6-7,9,21H,4-5,8,10H2,1-3H3,(H,17,19);4-6,19H,7-8H2,1-3H3,(H,15,17). The van der Waals surface area contributed by atoms with Crippen LogP contribution in [0.4, 0.5) is 0 Å². The first kappa shape index (κ1) is 66.8. The van der Waals surface area contributed by atoms with Gasteiger partial charge < -0.3 is 24.2 Å². The lowest BCUT2D eigenvalue weighted by Gasteiger charge is -2.29. The molecule has 0 spiro atoms. The molecule has 5 heterocycles. The lowest BCUT2D eigenvalue weighted by atomic mass is 9.83. The van der Waals surface area contributed by atoms with E-state index < -0.39 is 34.5 Å². The Morgan fingerprint density at radius 2 is 0.761 bits per heavy atom. The topological polar surface area (TPSA) is 283 Å². The van der Waals surface area contributed by atoms with Crippen LogP contribution in [0.15, 0.2) is 115 Å². The van der Waals surface area contributed by atoms with Gasteiger partial charge in [-0.2, -0.15) is 0 Å². The van der Waals surface area contributed by atoms with E-state index in [-0.39, 0.29) is 29.0 Å². The summed E-state index contributed by atoms with van der Waals surface area (Å²) in [6.07, 6.45) is 5.21. The smallest absolute Gasteiger partial charge is 0.274 e. The zero-order chi connectivity index (χ0) is 64.4. The fourth-order valence-corrected chi connectivity index (χ4v) is 11.1. The van der Waals surface area contributed by atoms with Gasteiger partial charge in [-0.15, -0.1) is 0 Å². The number of halogens is 1. The van der Waals surface area contributed by atoms with E-state index in [1.165, 1.54) is 0 Å². The minimum absolute atomic E-state index is 0.0131. The van der Waals surface area contributed by atoms with Crippen LogP contribution in [0.5, 0.6) is 0 Å². The van der Waals surface area contributed by atoms with E-state index in [0.717, 1.165) is 82.3 Å². The molecule has 466 valence electrons. The van der Waals surface area contributed by atoms with Crippen molar-refractivity contribution in [2.75, 3.05) is 13.1 Å². The zero-order valence-electron chi connectivity index (χ0n) is 51.1. The number of hydrogen-bond donors (Lipinski definition) is 8. The highest BCUT2D eigenvalue weighted by molar-refractivity contribution is 6.30. The van der Waals surface area contributed by atoms with Gasteiger partial charge in [0.05, 0.1) is 5.41 Å². The van der Waals surface area contributed by atoms with Gasteiger partial charge in [0.1, 0.15) is 5.69 Å². The van der Waals surface area contributed by atoms with Gasteiger partial charge in [-0.25, -0.2) is 21.9 Å². The van der Waals surface area contributed by atoms with E-state index in [2.05, 4.69) is 0 Å². The van der Waals surface area contributed by atoms with Gasteiger partial charge in [-0.05, 0) is 162 Å². The molecular formula is C66H78ClN9O12. The van der Waals surface area contributed by atoms with Crippen molar-refractivity contribution >= 4 is 58.9 Å².